The number of amides is 2. The first-order valence-corrected chi connectivity index (χ1v) is 6.38. The smallest absolute Gasteiger partial charge is 0.234 e. The Labute approximate surface area is 110 Å². The van der Waals surface area contributed by atoms with Crippen LogP contribution >= 0.6 is 0 Å². The number of benzene rings is 1. The van der Waals surface area contributed by atoms with Crippen molar-refractivity contribution in [2.75, 3.05) is 11.9 Å². The van der Waals surface area contributed by atoms with E-state index in [0.717, 1.165) is 24.2 Å². The molecule has 4 heteroatoms. The number of imide groups is 1. The standard InChI is InChI=1S/C14H18N2O2.2H2/c1-2-8-15-11-5-3-4-10(9-11)12-6-7-13(17)16-14(12)18;;/h3-5,9,12,15H,2,6-8H2,1H3,(H,16,17,18);2*1H. The molecule has 2 rings (SSSR count). The van der Waals surface area contributed by atoms with Crippen molar-refractivity contribution < 1.29 is 12.4 Å². The molecule has 2 N–H and O–H groups in total. The van der Waals surface area contributed by atoms with E-state index in [2.05, 4.69) is 17.6 Å². The van der Waals surface area contributed by atoms with Crippen LogP contribution in [0.2, 0.25) is 0 Å². The number of nitrogens with one attached hydrogen (secondary N) is 2. The summed E-state index contributed by atoms with van der Waals surface area (Å²) in [6.45, 7) is 3.02. The molecule has 1 aromatic rings. The summed E-state index contributed by atoms with van der Waals surface area (Å²) in [5, 5.41) is 5.69. The zero-order chi connectivity index (χ0) is 13.0. The molecular formula is C14H22N2O2. The van der Waals surface area contributed by atoms with E-state index in [1.807, 2.05) is 24.3 Å². The molecule has 1 aromatic carbocycles. The fourth-order valence-corrected chi connectivity index (χ4v) is 2.15. The van der Waals surface area contributed by atoms with Gasteiger partial charge in [0, 0.05) is 21.5 Å². The van der Waals surface area contributed by atoms with E-state index in [4.69, 9.17) is 0 Å². The summed E-state index contributed by atoms with van der Waals surface area (Å²) in [4.78, 5) is 22.9. The molecule has 1 aliphatic heterocycles. The molecular weight excluding hydrogens is 228 g/mol. The van der Waals surface area contributed by atoms with Crippen molar-refractivity contribution in [3.8, 4) is 0 Å². The lowest BCUT2D eigenvalue weighted by molar-refractivity contribution is -0.134. The first-order chi connectivity index (χ1) is 8.70. The van der Waals surface area contributed by atoms with Gasteiger partial charge >= 0.3 is 0 Å². The molecule has 0 bridgehead atoms. The van der Waals surface area contributed by atoms with Crippen LogP contribution < -0.4 is 10.6 Å². The van der Waals surface area contributed by atoms with Crippen LogP contribution in [0.5, 0.6) is 0 Å². The maximum Gasteiger partial charge on any atom is 0.234 e. The Morgan fingerprint density at radius 2 is 2.28 bits per heavy atom. The summed E-state index contributed by atoms with van der Waals surface area (Å²) >= 11 is 0. The van der Waals surface area contributed by atoms with Crippen molar-refractivity contribution in [2.24, 2.45) is 0 Å². The van der Waals surface area contributed by atoms with Gasteiger partial charge in [0.1, 0.15) is 0 Å². The largest absolute Gasteiger partial charge is 0.385 e. The third kappa shape index (κ3) is 2.88. The first kappa shape index (κ1) is 12.6. The Morgan fingerprint density at radius 3 is 3.00 bits per heavy atom. The van der Waals surface area contributed by atoms with Gasteiger partial charge in [-0.1, -0.05) is 19.1 Å². The molecule has 1 atom stereocenters. The van der Waals surface area contributed by atoms with Crippen LogP contribution in [0.25, 0.3) is 0 Å². The van der Waals surface area contributed by atoms with E-state index in [0.29, 0.717) is 12.8 Å². The van der Waals surface area contributed by atoms with E-state index >= 15 is 0 Å². The van der Waals surface area contributed by atoms with Gasteiger partial charge in [-0.25, -0.2) is 0 Å². The van der Waals surface area contributed by atoms with Crippen LogP contribution in [0.3, 0.4) is 0 Å². The van der Waals surface area contributed by atoms with Crippen molar-refractivity contribution in [1.82, 2.24) is 5.32 Å². The highest BCUT2D eigenvalue weighted by molar-refractivity contribution is 6.01. The summed E-state index contributed by atoms with van der Waals surface area (Å²) in [6.07, 6.45) is 2.08. The fraction of sp³-hybridized carbons (Fsp3) is 0.429. The van der Waals surface area contributed by atoms with Gasteiger partial charge in [-0.05, 0) is 30.5 Å². The molecule has 0 saturated carbocycles. The maximum atomic E-state index is 11.8. The molecule has 0 radical (unpaired) electrons. The summed E-state index contributed by atoms with van der Waals surface area (Å²) < 4.78 is 0. The molecule has 100 valence electrons. The fourth-order valence-electron chi connectivity index (χ4n) is 2.15. The first-order valence-electron chi connectivity index (χ1n) is 6.38. The Morgan fingerprint density at radius 1 is 1.44 bits per heavy atom. The molecule has 18 heavy (non-hydrogen) atoms. The van der Waals surface area contributed by atoms with Crippen LogP contribution in [0, 0.1) is 0 Å². The van der Waals surface area contributed by atoms with Crippen LogP contribution in [-0.4, -0.2) is 18.4 Å². The second-order valence-electron chi connectivity index (χ2n) is 4.56. The van der Waals surface area contributed by atoms with Gasteiger partial charge in [0.15, 0.2) is 0 Å². The zero-order valence-electron chi connectivity index (χ0n) is 10.5. The van der Waals surface area contributed by atoms with Gasteiger partial charge < -0.3 is 5.32 Å². The Bertz CT molecular complexity index is 466. The lowest BCUT2D eigenvalue weighted by atomic mass is 9.90. The van der Waals surface area contributed by atoms with Gasteiger partial charge in [-0.3, -0.25) is 14.9 Å². The quantitative estimate of drug-likeness (QED) is 0.807. The predicted octanol–water partition coefficient (Wildman–Crippen LogP) is 2.52. The number of hydrogen-bond acceptors (Lipinski definition) is 3. The number of hydrogen-bond donors (Lipinski definition) is 2. The average Bonchev–Trinajstić information content (AvgIpc) is 2.36. The highest BCUT2D eigenvalue weighted by atomic mass is 16.2. The molecule has 1 saturated heterocycles. The zero-order valence-corrected chi connectivity index (χ0v) is 10.5. The van der Waals surface area contributed by atoms with Gasteiger partial charge in [-0.2, -0.15) is 0 Å². The highest BCUT2D eigenvalue weighted by Gasteiger charge is 2.27. The van der Waals surface area contributed by atoms with E-state index in [-0.39, 0.29) is 20.6 Å². The van der Waals surface area contributed by atoms with Crippen molar-refractivity contribution >= 4 is 17.5 Å². The van der Waals surface area contributed by atoms with Gasteiger partial charge in [0.25, 0.3) is 0 Å². The summed E-state index contributed by atoms with van der Waals surface area (Å²) in [5.74, 6) is -0.554. The number of carbonyl (C=O) groups excluding carboxylic acids is 2. The topological polar surface area (TPSA) is 58.2 Å². The molecule has 2 amide bonds. The average molecular weight is 250 g/mol. The molecule has 0 aliphatic carbocycles. The lowest BCUT2D eigenvalue weighted by Gasteiger charge is -2.21. The maximum absolute atomic E-state index is 11.8. The Hall–Kier alpha value is -1.84. The number of anilines is 1. The molecule has 1 unspecified atom stereocenters. The Balaban J connectivity index is 0.00000180. The Kier molecular flexibility index (Phi) is 3.97. The molecule has 0 spiro atoms. The molecule has 0 aromatic heterocycles. The van der Waals surface area contributed by atoms with Gasteiger partial charge in [0.2, 0.25) is 11.8 Å². The van der Waals surface area contributed by atoms with Crippen LogP contribution in [-0.2, 0) is 9.59 Å². The van der Waals surface area contributed by atoms with E-state index in [1.165, 1.54) is 0 Å². The van der Waals surface area contributed by atoms with E-state index in [9.17, 15) is 9.59 Å². The minimum absolute atomic E-state index is 0. The highest BCUT2D eigenvalue weighted by Crippen LogP contribution is 2.26. The van der Waals surface area contributed by atoms with Gasteiger partial charge in [-0.15, -0.1) is 0 Å². The minimum atomic E-state index is -0.203. The minimum Gasteiger partial charge on any atom is -0.385 e. The van der Waals surface area contributed by atoms with Crippen molar-refractivity contribution in [1.29, 1.82) is 0 Å². The number of carbonyl (C=O) groups is 2. The van der Waals surface area contributed by atoms with Crippen LogP contribution in [0.15, 0.2) is 24.3 Å². The third-order valence-electron chi connectivity index (χ3n) is 3.11. The molecule has 1 aliphatic rings. The SMILES string of the molecule is CCCNc1cccc(C2CCC(=O)NC2=O)c1.[HH].[HH]. The summed E-state index contributed by atoms with van der Waals surface area (Å²) in [5.41, 5.74) is 2.00. The normalized spacial score (nSPS) is 19.5. The van der Waals surface area contributed by atoms with Crippen molar-refractivity contribution in [2.45, 2.75) is 32.1 Å². The van der Waals surface area contributed by atoms with E-state index < -0.39 is 0 Å². The molecule has 4 nitrogen and oxygen atoms in total. The second-order valence-corrected chi connectivity index (χ2v) is 4.56. The van der Waals surface area contributed by atoms with Crippen molar-refractivity contribution in [3.63, 3.8) is 0 Å². The monoisotopic (exact) mass is 250 g/mol. The van der Waals surface area contributed by atoms with E-state index in [1.54, 1.807) is 0 Å². The van der Waals surface area contributed by atoms with Crippen molar-refractivity contribution in [3.05, 3.63) is 29.8 Å². The lowest BCUT2D eigenvalue weighted by Crippen LogP contribution is -2.39. The summed E-state index contributed by atoms with van der Waals surface area (Å²) in [7, 11) is 0. The summed E-state index contributed by atoms with van der Waals surface area (Å²) in [6, 6.07) is 7.87. The molecule has 1 heterocycles. The van der Waals surface area contributed by atoms with Crippen LogP contribution in [0.1, 0.15) is 40.5 Å². The predicted molar refractivity (Wildman–Crippen MR) is 74.6 cm³/mol. The third-order valence-corrected chi connectivity index (χ3v) is 3.11. The number of piperidine rings is 1. The van der Waals surface area contributed by atoms with Gasteiger partial charge in [0.05, 0.1) is 5.92 Å². The number of rotatable bonds is 4. The molecule has 1 fully saturated rings. The second kappa shape index (κ2) is 5.67. The van der Waals surface area contributed by atoms with Crippen LogP contribution in [0.4, 0.5) is 5.69 Å².